The van der Waals surface area contributed by atoms with Crippen molar-refractivity contribution in [3.8, 4) is 5.88 Å². The van der Waals surface area contributed by atoms with Gasteiger partial charge in [-0.3, -0.25) is 0 Å². The Morgan fingerprint density at radius 3 is 2.67 bits per heavy atom. The van der Waals surface area contributed by atoms with Crippen LogP contribution in [0.2, 0.25) is 0 Å². The molecule has 0 saturated heterocycles. The van der Waals surface area contributed by atoms with Gasteiger partial charge in [0.2, 0.25) is 5.88 Å². The van der Waals surface area contributed by atoms with E-state index in [2.05, 4.69) is 34.7 Å². The minimum Gasteiger partial charge on any atom is -0.473 e. The average Bonchev–Trinajstić information content (AvgIpc) is 3.19. The molecule has 0 spiro atoms. The van der Waals surface area contributed by atoms with E-state index in [1.54, 1.807) is 6.20 Å². The van der Waals surface area contributed by atoms with Crippen LogP contribution in [0.25, 0.3) is 0 Å². The molecule has 3 rings (SSSR count). The van der Waals surface area contributed by atoms with Crippen LogP contribution in [-0.2, 0) is 13.2 Å². The van der Waals surface area contributed by atoms with Gasteiger partial charge in [-0.15, -0.1) is 24.0 Å². The SMILES string of the molecule is CCNC(=NCc1cccnc1OCc1ccccc1)NC1CC=CC1.I. The molecular formula is C21H27IN4O. The van der Waals surface area contributed by atoms with Crippen molar-refractivity contribution in [1.82, 2.24) is 15.6 Å². The summed E-state index contributed by atoms with van der Waals surface area (Å²) in [6.07, 6.45) is 8.25. The molecule has 0 saturated carbocycles. The maximum atomic E-state index is 5.92. The third kappa shape index (κ3) is 6.86. The van der Waals surface area contributed by atoms with E-state index in [0.29, 0.717) is 25.1 Å². The van der Waals surface area contributed by atoms with Gasteiger partial charge in [-0.1, -0.05) is 48.6 Å². The monoisotopic (exact) mass is 478 g/mol. The minimum atomic E-state index is 0. The van der Waals surface area contributed by atoms with Crippen LogP contribution < -0.4 is 15.4 Å². The number of halogens is 1. The number of hydrogen-bond donors (Lipinski definition) is 2. The van der Waals surface area contributed by atoms with Gasteiger partial charge in [-0.25, -0.2) is 9.98 Å². The lowest BCUT2D eigenvalue weighted by Gasteiger charge is -2.17. The molecule has 5 nitrogen and oxygen atoms in total. The Balaban J connectivity index is 0.00000261. The van der Waals surface area contributed by atoms with Crippen LogP contribution in [0.4, 0.5) is 0 Å². The molecule has 1 aromatic carbocycles. The van der Waals surface area contributed by atoms with Gasteiger partial charge >= 0.3 is 0 Å². The summed E-state index contributed by atoms with van der Waals surface area (Å²) >= 11 is 0. The molecule has 27 heavy (non-hydrogen) atoms. The van der Waals surface area contributed by atoms with E-state index >= 15 is 0 Å². The third-order valence-corrected chi connectivity index (χ3v) is 4.17. The molecule has 0 radical (unpaired) electrons. The highest BCUT2D eigenvalue weighted by Gasteiger charge is 2.12. The number of pyridine rings is 1. The summed E-state index contributed by atoms with van der Waals surface area (Å²) in [7, 11) is 0. The van der Waals surface area contributed by atoms with E-state index in [1.807, 2.05) is 42.5 Å². The number of ether oxygens (including phenoxy) is 1. The summed E-state index contributed by atoms with van der Waals surface area (Å²) < 4.78 is 5.92. The molecule has 1 heterocycles. The average molecular weight is 478 g/mol. The van der Waals surface area contributed by atoms with Gasteiger partial charge in [0, 0.05) is 24.3 Å². The van der Waals surface area contributed by atoms with Crippen LogP contribution in [0.15, 0.2) is 65.8 Å². The van der Waals surface area contributed by atoms with Crippen molar-refractivity contribution in [2.75, 3.05) is 6.54 Å². The van der Waals surface area contributed by atoms with Gasteiger partial charge in [-0.2, -0.15) is 0 Å². The van der Waals surface area contributed by atoms with Crippen LogP contribution in [0.5, 0.6) is 5.88 Å². The van der Waals surface area contributed by atoms with E-state index in [1.165, 1.54) is 0 Å². The number of nitrogens with one attached hydrogen (secondary N) is 2. The van der Waals surface area contributed by atoms with Gasteiger partial charge in [0.25, 0.3) is 0 Å². The fourth-order valence-corrected chi connectivity index (χ4v) is 2.81. The first kappa shape index (κ1) is 21.2. The molecule has 144 valence electrons. The Hall–Kier alpha value is -2.09. The highest BCUT2D eigenvalue weighted by Crippen LogP contribution is 2.17. The molecule has 2 N–H and O–H groups in total. The zero-order chi connectivity index (χ0) is 18.0. The Morgan fingerprint density at radius 1 is 1.15 bits per heavy atom. The number of benzene rings is 1. The predicted molar refractivity (Wildman–Crippen MR) is 121 cm³/mol. The maximum Gasteiger partial charge on any atom is 0.218 e. The van der Waals surface area contributed by atoms with Gasteiger partial charge in [0.1, 0.15) is 6.61 Å². The number of guanidine groups is 1. The molecule has 0 fully saturated rings. The summed E-state index contributed by atoms with van der Waals surface area (Å²) in [5, 5.41) is 6.79. The lowest BCUT2D eigenvalue weighted by Crippen LogP contribution is -2.42. The zero-order valence-electron chi connectivity index (χ0n) is 15.6. The summed E-state index contributed by atoms with van der Waals surface area (Å²) in [4.78, 5) is 9.09. The molecule has 6 heteroatoms. The second-order valence-electron chi connectivity index (χ2n) is 6.22. The van der Waals surface area contributed by atoms with Gasteiger partial charge in [-0.05, 0) is 31.4 Å². The number of rotatable bonds is 7. The lowest BCUT2D eigenvalue weighted by molar-refractivity contribution is 0.290. The highest BCUT2D eigenvalue weighted by molar-refractivity contribution is 14.0. The molecule has 0 aliphatic heterocycles. The van der Waals surface area contributed by atoms with Gasteiger partial charge < -0.3 is 15.4 Å². The Bertz CT molecular complexity index is 741. The summed E-state index contributed by atoms with van der Waals surface area (Å²) in [5.74, 6) is 1.47. The van der Waals surface area contributed by atoms with E-state index in [0.717, 1.165) is 36.5 Å². The number of nitrogens with zero attached hydrogens (tertiary/aromatic N) is 2. The van der Waals surface area contributed by atoms with Gasteiger partial charge in [0.05, 0.1) is 6.54 Å². The van der Waals surface area contributed by atoms with E-state index in [9.17, 15) is 0 Å². The molecule has 0 bridgehead atoms. The standard InChI is InChI=1S/C21H26N4O.HI/c1-2-22-21(25-19-12-6-7-13-19)24-15-18-11-8-14-23-20(18)26-16-17-9-4-3-5-10-17;/h3-11,14,19H,2,12-13,15-16H2,1H3,(H2,22,24,25);1H. The molecule has 0 atom stereocenters. The second-order valence-corrected chi connectivity index (χ2v) is 6.22. The number of aliphatic imine (C=N–C) groups is 1. The quantitative estimate of drug-likeness (QED) is 0.273. The molecule has 1 aliphatic rings. The molecule has 0 unspecified atom stereocenters. The summed E-state index contributed by atoms with van der Waals surface area (Å²) in [6.45, 7) is 3.92. The van der Waals surface area contributed by atoms with Crippen LogP contribution in [0.1, 0.15) is 30.9 Å². The first-order valence-corrected chi connectivity index (χ1v) is 9.15. The van der Waals surface area contributed by atoms with E-state index < -0.39 is 0 Å². The van der Waals surface area contributed by atoms with Crippen LogP contribution in [0.3, 0.4) is 0 Å². The van der Waals surface area contributed by atoms with Crippen molar-refractivity contribution < 1.29 is 4.74 Å². The zero-order valence-corrected chi connectivity index (χ0v) is 17.9. The normalized spacial score (nSPS) is 13.9. The highest BCUT2D eigenvalue weighted by atomic mass is 127. The van der Waals surface area contributed by atoms with Crippen LogP contribution in [0, 0.1) is 0 Å². The second kappa shape index (κ2) is 11.6. The summed E-state index contributed by atoms with van der Waals surface area (Å²) in [5.41, 5.74) is 2.10. The first-order chi connectivity index (χ1) is 12.8. The Kier molecular flexibility index (Phi) is 9.10. The molecular weight excluding hydrogens is 451 g/mol. The van der Waals surface area contributed by atoms with Gasteiger partial charge in [0.15, 0.2) is 5.96 Å². The summed E-state index contributed by atoms with van der Waals surface area (Å²) in [6, 6.07) is 14.5. The van der Waals surface area contributed by atoms with Crippen molar-refractivity contribution in [2.45, 2.75) is 39.0 Å². The van der Waals surface area contributed by atoms with Crippen molar-refractivity contribution in [2.24, 2.45) is 4.99 Å². The molecule has 0 amide bonds. The van der Waals surface area contributed by atoms with Crippen molar-refractivity contribution in [1.29, 1.82) is 0 Å². The van der Waals surface area contributed by atoms with Crippen molar-refractivity contribution in [3.63, 3.8) is 0 Å². The maximum absolute atomic E-state index is 5.92. The largest absolute Gasteiger partial charge is 0.473 e. The number of hydrogen-bond acceptors (Lipinski definition) is 3. The van der Waals surface area contributed by atoms with Crippen molar-refractivity contribution >= 4 is 29.9 Å². The van der Waals surface area contributed by atoms with Crippen LogP contribution in [-0.4, -0.2) is 23.5 Å². The minimum absolute atomic E-state index is 0. The Labute approximate surface area is 178 Å². The van der Waals surface area contributed by atoms with E-state index in [4.69, 9.17) is 9.73 Å². The predicted octanol–water partition coefficient (Wildman–Crippen LogP) is 4.05. The van der Waals surface area contributed by atoms with E-state index in [-0.39, 0.29) is 24.0 Å². The fraction of sp³-hybridized carbons (Fsp3) is 0.333. The topological polar surface area (TPSA) is 58.5 Å². The first-order valence-electron chi connectivity index (χ1n) is 9.15. The molecule has 1 aromatic heterocycles. The molecule has 1 aliphatic carbocycles. The third-order valence-electron chi connectivity index (χ3n) is 4.17. The van der Waals surface area contributed by atoms with Crippen LogP contribution >= 0.6 is 24.0 Å². The molecule has 2 aromatic rings. The fourth-order valence-electron chi connectivity index (χ4n) is 2.81. The number of aromatic nitrogens is 1. The van der Waals surface area contributed by atoms with Crippen molar-refractivity contribution in [3.05, 3.63) is 71.9 Å². The Morgan fingerprint density at radius 2 is 1.93 bits per heavy atom. The lowest BCUT2D eigenvalue weighted by atomic mass is 10.2. The smallest absolute Gasteiger partial charge is 0.218 e.